The van der Waals surface area contributed by atoms with Crippen molar-refractivity contribution >= 4 is 17.3 Å². The highest BCUT2D eigenvalue weighted by atomic mass is 19.1. The first-order valence-corrected chi connectivity index (χ1v) is 5.82. The van der Waals surface area contributed by atoms with Gasteiger partial charge in [0.05, 0.1) is 18.5 Å². The maximum absolute atomic E-state index is 13.7. The van der Waals surface area contributed by atoms with Gasteiger partial charge in [-0.15, -0.1) is 0 Å². The SMILES string of the molecule is COc1cccc(F)c1C(=O)Nc1cc(N)c(F)cc1F. The largest absolute Gasteiger partial charge is 0.496 e. The predicted molar refractivity (Wildman–Crippen MR) is 71.7 cm³/mol. The maximum Gasteiger partial charge on any atom is 0.262 e. The van der Waals surface area contributed by atoms with Crippen LogP contribution in [0.25, 0.3) is 0 Å². The highest BCUT2D eigenvalue weighted by Gasteiger charge is 2.19. The summed E-state index contributed by atoms with van der Waals surface area (Å²) in [6.45, 7) is 0. The number of benzene rings is 2. The number of nitrogens with two attached hydrogens (primary N) is 1. The molecule has 0 saturated carbocycles. The fraction of sp³-hybridized carbons (Fsp3) is 0.0714. The molecule has 4 nitrogen and oxygen atoms in total. The topological polar surface area (TPSA) is 64.3 Å². The van der Waals surface area contributed by atoms with Crippen molar-refractivity contribution in [1.29, 1.82) is 0 Å². The van der Waals surface area contributed by atoms with E-state index < -0.39 is 23.4 Å². The second-order valence-corrected chi connectivity index (χ2v) is 4.12. The van der Waals surface area contributed by atoms with Crippen molar-refractivity contribution in [3.8, 4) is 5.75 Å². The Morgan fingerprint density at radius 1 is 1.14 bits per heavy atom. The van der Waals surface area contributed by atoms with Crippen LogP contribution < -0.4 is 15.8 Å². The first-order valence-electron chi connectivity index (χ1n) is 5.82. The number of amides is 1. The molecule has 0 bridgehead atoms. The number of methoxy groups -OCH3 is 1. The molecule has 0 saturated heterocycles. The summed E-state index contributed by atoms with van der Waals surface area (Å²) in [6.07, 6.45) is 0. The van der Waals surface area contributed by atoms with E-state index >= 15 is 0 Å². The van der Waals surface area contributed by atoms with Crippen LogP contribution in [0.15, 0.2) is 30.3 Å². The molecule has 0 atom stereocenters. The van der Waals surface area contributed by atoms with Gasteiger partial charge in [0.2, 0.25) is 0 Å². The zero-order chi connectivity index (χ0) is 15.6. The lowest BCUT2D eigenvalue weighted by molar-refractivity contribution is 0.101. The van der Waals surface area contributed by atoms with E-state index in [0.717, 1.165) is 12.1 Å². The predicted octanol–water partition coefficient (Wildman–Crippen LogP) is 2.95. The van der Waals surface area contributed by atoms with E-state index in [0.29, 0.717) is 6.07 Å². The van der Waals surface area contributed by atoms with E-state index in [-0.39, 0.29) is 22.7 Å². The van der Waals surface area contributed by atoms with Gasteiger partial charge < -0.3 is 15.8 Å². The third-order valence-electron chi connectivity index (χ3n) is 2.76. The van der Waals surface area contributed by atoms with Gasteiger partial charge in [0, 0.05) is 6.07 Å². The van der Waals surface area contributed by atoms with Gasteiger partial charge in [0.1, 0.15) is 28.8 Å². The standard InChI is InChI=1S/C14H11F3N2O2/c1-21-12-4-2-3-7(15)13(12)14(20)19-11-6-10(18)8(16)5-9(11)17/h2-6H,18H2,1H3,(H,19,20). The molecule has 0 aliphatic carbocycles. The lowest BCUT2D eigenvalue weighted by Crippen LogP contribution is -2.16. The second kappa shape index (κ2) is 5.74. The summed E-state index contributed by atoms with van der Waals surface area (Å²) in [4.78, 5) is 12.0. The Morgan fingerprint density at radius 3 is 2.52 bits per heavy atom. The summed E-state index contributed by atoms with van der Waals surface area (Å²) in [6, 6.07) is 5.25. The molecule has 110 valence electrons. The summed E-state index contributed by atoms with van der Waals surface area (Å²) in [7, 11) is 1.27. The lowest BCUT2D eigenvalue weighted by atomic mass is 10.1. The summed E-state index contributed by atoms with van der Waals surface area (Å²) in [5.74, 6) is -3.75. The molecule has 1 amide bonds. The summed E-state index contributed by atoms with van der Waals surface area (Å²) < 4.78 is 45.2. The van der Waals surface area contributed by atoms with Crippen LogP contribution in [-0.2, 0) is 0 Å². The molecule has 0 aromatic heterocycles. The molecule has 3 N–H and O–H groups in total. The van der Waals surface area contributed by atoms with Gasteiger partial charge in [-0.25, -0.2) is 13.2 Å². The average Bonchev–Trinajstić information content (AvgIpc) is 2.44. The number of halogens is 3. The Balaban J connectivity index is 2.37. The van der Waals surface area contributed by atoms with Crippen molar-refractivity contribution in [2.45, 2.75) is 0 Å². The van der Waals surface area contributed by atoms with Gasteiger partial charge in [-0.2, -0.15) is 0 Å². The van der Waals surface area contributed by atoms with Crippen molar-refractivity contribution in [3.05, 3.63) is 53.3 Å². The maximum atomic E-state index is 13.7. The van der Waals surface area contributed by atoms with Crippen molar-refractivity contribution in [1.82, 2.24) is 0 Å². The Labute approximate surface area is 118 Å². The molecule has 0 fully saturated rings. The van der Waals surface area contributed by atoms with Gasteiger partial charge in [0.25, 0.3) is 5.91 Å². The van der Waals surface area contributed by atoms with Crippen LogP contribution in [0.2, 0.25) is 0 Å². The Hall–Kier alpha value is -2.70. The number of ether oxygens (including phenoxy) is 1. The number of rotatable bonds is 3. The Bertz CT molecular complexity index is 705. The molecule has 0 aliphatic rings. The number of carbonyl (C=O) groups excluding carboxylic acids is 1. The van der Waals surface area contributed by atoms with Crippen LogP contribution in [0.4, 0.5) is 24.5 Å². The van der Waals surface area contributed by atoms with E-state index in [1.54, 1.807) is 0 Å². The van der Waals surface area contributed by atoms with Crippen LogP contribution >= 0.6 is 0 Å². The van der Waals surface area contributed by atoms with Crippen molar-refractivity contribution in [2.75, 3.05) is 18.2 Å². The fourth-order valence-electron chi connectivity index (χ4n) is 1.74. The van der Waals surface area contributed by atoms with Gasteiger partial charge in [-0.3, -0.25) is 4.79 Å². The van der Waals surface area contributed by atoms with E-state index in [9.17, 15) is 18.0 Å². The minimum absolute atomic E-state index is 0.0111. The van der Waals surface area contributed by atoms with Crippen LogP contribution in [0.5, 0.6) is 5.75 Å². The number of hydrogen-bond donors (Lipinski definition) is 2. The second-order valence-electron chi connectivity index (χ2n) is 4.12. The average molecular weight is 296 g/mol. The zero-order valence-electron chi connectivity index (χ0n) is 10.9. The van der Waals surface area contributed by atoms with E-state index in [2.05, 4.69) is 5.32 Å². The third kappa shape index (κ3) is 2.91. The number of carbonyl (C=O) groups is 1. The third-order valence-corrected chi connectivity index (χ3v) is 2.76. The van der Waals surface area contributed by atoms with E-state index in [1.807, 2.05) is 0 Å². The van der Waals surface area contributed by atoms with Crippen LogP contribution in [0.3, 0.4) is 0 Å². The molecule has 7 heteroatoms. The smallest absolute Gasteiger partial charge is 0.262 e. The minimum Gasteiger partial charge on any atom is -0.496 e. The van der Waals surface area contributed by atoms with Crippen LogP contribution in [0.1, 0.15) is 10.4 Å². The van der Waals surface area contributed by atoms with Crippen molar-refractivity contribution in [2.24, 2.45) is 0 Å². The number of anilines is 2. The molecule has 0 aliphatic heterocycles. The molecule has 0 unspecified atom stereocenters. The Kier molecular flexibility index (Phi) is 4.02. The fourth-order valence-corrected chi connectivity index (χ4v) is 1.74. The summed E-state index contributed by atoms with van der Waals surface area (Å²) in [5.41, 5.74) is 4.21. The van der Waals surface area contributed by atoms with Crippen LogP contribution in [0, 0.1) is 17.5 Å². The molecule has 0 heterocycles. The molecular formula is C14H11F3N2O2. The van der Waals surface area contributed by atoms with Crippen molar-refractivity contribution < 1.29 is 22.7 Å². The Morgan fingerprint density at radius 2 is 1.86 bits per heavy atom. The molecule has 0 radical (unpaired) electrons. The molecule has 2 aromatic rings. The summed E-state index contributed by atoms with van der Waals surface area (Å²) >= 11 is 0. The monoisotopic (exact) mass is 296 g/mol. The highest BCUT2D eigenvalue weighted by Crippen LogP contribution is 2.25. The first-order chi connectivity index (χ1) is 9.93. The quantitative estimate of drug-likeness (QED) is 0.856. The molecule has 2 aromatic carbocycles. The number of nitrogens with one attached hydrogen (secondary N) is 1. The van der Waals surface area contributed by atoms with Gasteiger partial charge in [0.15, 0.2) is 0 Å². The van der Waals surface area contributed by atoms with Gasteiger partial charge >= 0.3 is 0 Å². The minimum atomic E-state index is -1.02. The van der Waals surface area contributed by atoms with Crippen LogP contribution in [-0.4, -0.2) is 13.0 Å². The van der Waals surface area contributed by atoms with Gasteiger partial charge in [-0.05, 0) is 18.2 Å². The summed E-state index contributed by atoms with van der Waals surface area (Å²) in [5, 5.41) is 2.13. The zero-order valence-corrected chi connectivity index (χ0v) is 10.9. The first kappa shape index (κ1) is 14.7. The van der Waals surface area contributed by atoms with E-state index in [4.69, 9.17) is 10.5 Å². The number of hydrogen-bond acceptors (Lipinski definition) is 3. The molecule has 21 heavy (non-hydrogen) atoms. The van der Waals surface area contributed by atoms with E-state index in [1.165, 1.54) is 19.2 Å². The van der Waals surface area contributed by atoms with Crippen molar-refractivity contribution in [3.63, 3.8) is 0 Å². The lowest BCUT2D eigenvalue weighted by Gasteiger charge is -2.11. The number of nitrogen functional groups attached to an aromatic ring is 1. The molecule has 2 rings (SSSR count). The highest BCUT2D eigenvalue weighted by molar-refractivity contribution is 6.06. The van der Waals surface area contributed by atoms with Gasteiger partial charge in [-0.1, -0.05) is 6.07 Å². The molecule has 0 spiro atoms. The molecular weight excluding hydrogens is 285 g/mol. The normalized spacial score (nSPS) is 10.3.